The maximum atomic E-state index is 8.89. The Balaban J connectivity index is 2.71. The van der Waals surface area contributed by atoms with Gasteiger partial charge in [-0.2, -0.15) is 0 Å². The molecule has 0 aromatic heterocycles. The minimum Gasteiger partial charge on any atom is -0.396 e. The van der Waals surface area contributed by atoms with Crippen LogP contribution in [-0.2, 0) is 0 Å². The molecule has 2 atom stereocenters. The summed E-state index contributed by atoms with van der Waals surface area (Å²) < 4.78 is 0. The molecular formula is C10H15NO. The molecule has 0 fully saturated rings. The highest BCUT2D eigenvalue weighted by Gasteiger charge is 2.12. The van der Waals surface area contributed by atoms with E-state index in [1.807, 2.05) is 37.3 Å². The quantitative estimate of drug-likeness (QED) is 0.709. The topological polar surface area (TPSA) is 46.2 Å². The van der Waals surface area contributed by atoms with E-state index in [-0.39, 0.29) is 18.6 Å². The monoisotopic (exact) mass is 165 g/mol. The first-order valence-electron chi connectivity index (χ1n) is 4.17. The molecule has 1 aromatic carbocycles. The summed E-state index contributed by atoms with van der Waals surface area (Å²) >= 11 is 0. The Morgan fingerprint density at radius 3 is 2.42 bits per heavy atom. The van der Waals surface area contributed by atoms with Crippen LogP contribution in [0.3, 0.4) is 0 Å². The Morgan fingerprint density at radius 1 is 1.33 bits per heavy atom. The number of benzene rings is 1. The molecular weight excluding hydrogens is 150 g/mol. The summed E-state index contributed by atoms with van der Waals surface area (Å²) in [5, 5.41) is 8.89. The van der Waals surface area contributed by atoms with Crippen LogP contribution in [0, 0.1) is 5.92 Å². The molecule has 0 aliphatic heterocycles. The van der Waals surface area contributed by atoms with Crippen molar-refractivity contribution < 1.29 is 5.11 Å². The van der Waals surface area contributed by atoms with Crippen molar-refractivity contribution in [3.05, 3.63) is 35.9 Å². The highest BCUT2D eigenvalue weighted by molar-refractivity contribution is 5.18. The normalized spacial score (nSPS) is 15.6. The van der Waals surface area contributed by atoms with E-state index in [2.05, 4.69) is 0 Å². The minimum atomic E-state index is -0.0591. The van der Waals surface area contributed by atoms with Gasteiger partial charge >= 0.3 is 0 Å². The zero-order valence-corrected chi connectivity index (χ0v) is 7.27. The van der Waals surface area contributed by atoms with E-state index in [0.29, 0.717) is 0 Å². The fraction of sp³-hybridized carbons (Fsp3) is 0.400. The predicted octanol–water partition coefficient (Wildman–Crippen LogP) is 1.31. The number of aliphatic hydroxyl groups is 1. The Morgan fingerprint density at radius 2 is 1.92 bits per heavy atom. The van der Waals surface area contributed by atoms with Gasteiger partial charge in [0.05, 0.1) is 0 Å². The molecule has 2 nitrogen and oxygen atoms in total. The first-order valence-corrected chi connectivity index (χ1v) is 4.17. The second kappa shape index (κ2) is 4.24. The molecule has 0 aliphatic carbocycles. The van der Waals surface area contributed by atoms with Gasteiger partial charge in [-0.15, -0.1) is 0 Å². The van der Waals surface area contributed by atoms with Gasteiger partial charge in [-0.25, -0.2) is 0 Å². The zero-order valence-electron chi connectivity index (χ0n) is 7.27. The molecule has 2 heteroatoms. The number of hydrogen-bond donors (Lipinski definition) is 2. The summed E-state index contributed by atoms with van der Waals surface area (Å²) in [6, 6.07) is 9.78. The summed E-state index contributed by atoms with van der Waals surface area (Å²) in [5.41, 5.74) is 6.97. The maximum absolute atomic E-state index is 8.89. The molecule has 0 radical (unpaired) electrons. The van der Waals surface area contributed by atoms with Crippen LogP contribution < -0.4 is 5.73 Å². The summed E-state index contributed by atoms with van der Waals surface area (Å²) in [7, 11) is 0. The van der Waals surface area contributed by atoms with E-state index in [4.69, 9.17) is 10.8 Å². The van der Waals surface area contributed by atoms with Gasteiger partial charge in [0, 0.05) is 12.6 Å². The summed E-state index contributed by atoms with van der Waals surface area (Å²) in [6.45, 7) is 2.08. The lowest BCUT2D eigenvalue weighted by atomic mass is 9.96. The maximum Gasteiger partial charge on any atom is 0.0474 e. The van der Waals surface area contributed by atoms with Crippen molar-refractivity contribution in [2.24, 2.45) is 11.7 Å². The van der Waals surface area contributed by atoms with E-state index in [0.717, 1.165) is 5.56 Å². The lowest BCUT2D eigenvalue weighted by Crippen LogP contribution is -2.21. The van der Waals surface area contributed by atoms with Gasteiger partial charge in [-0.1, -0.05) is 37.3 Å². The second-order valence-corrected chi connectivity index (χ2v) is 3.10. The van der Waals surface area contributed by atoms with Crippen molar-refractivity contribution in [2.75, 3.05) is 6.61 Å². The van der Waals surface area contributed by atoms with Gasteiger partial charge in [0.1, 0.15) is 0 Å². The highest BCUT2D eigenvalue weighted by atomic mass is 16.3. The number of hydrogen-bond acceptors (Lipinski definition) is 2. The number of rotatable bonds is 3. The van der Waals surface area contributed by atoms with Crippen LogP contribution in [0.25, 0.3) is 0 Å². The predicted molar refractivity (Wildman–Crippen MR) is 49.6 cm³/mol. The van der Waals surface area contributed by atoms with E-state index < -0.39 is 0 Å². The van der Waals surface area contributed by atoms with E-state index >= 15 is 0 Å². The molecule has 66 valence electrons. The molecule has 0 saturated carbocycles. The molecule has 0 amide bonds. The molecule has 0 unspecified atom stereocenters. The third-order valence-corrected chi connectivity index (χ3v) is 2.09. The minimum absolute atomic E-state index is 0.0591. The van der Waals surface area contributed by atoms with Gasteiger partial charge in [0.15, 0.2) is 0 Å². The van der Waals surface area contributed by atoms with Crippen LogP contribution in [0.15, 0.2) is 30.3 Å². The first kappa shape index (κ1) is 9.23. The molecule has 0 saturated heterocycles. The highest BCUT2D eigenvalue weighted by Crippen LogP contribution is 2.17. The molecule has 1 aromatic rings. The Labute approximate surface area is 73.0 Å². The van der Waals surface area contributed by atoms with Crippen molar-refractivity contribution in [3.63, 3.8) is 0 Å². The SMILES string of the molecule is C[C@H](CO)[C@@H](N)c1ccccc1. The average molecular weight is 165 g/mol. The zero-order chi connectivity index (χ0) is 8.97. The third-order valence-electron chi connectivity index (χ3n) is 2.09. The van der Waals surface area contributed by atoms with Gasteiger partial charge < -0.3 is 10.8 Å². The molecule has 0 heterocycles. The Hall–Kier alpha value is -0.860. The Kier molecular flexibility index (Phi) is 3.26. The van der Waals surface area contributed by atoms with Gasteiger partial charge in [0.2, 0.25) is 0 Å². The van der Waals surface area contributed by atoms with Crippen molar-refractivity contribution >= 4 is 0 Å². The lowest BCUT2D eigenvalue weighted by molar-refractivity contribution is 0.217. The summed E-state index contributed by atoms with van der Waals surface area (Å²) in [6.07, 6.45) is 0. The van der Waals surface area contributed by atoms with Crippen LogP contribution >= 0.6 is 0 Å². The van der Waals surface area contributed by atoms with E-state index in [1.54, 1.807) is 0 Å². The largest absolute Gasteiger partial charge is 0.396 e. The molecule has 1 rings (SSSR count). The first-order chi connectivity index (χ1) is 5.75. The van der Waals surface area contributed by atoms with Gasteiger partial charge in [-0.3, -0.25) is 0 Å². The van der Waals surface area contributed by atoms with Crippen molar-refractivity contribution in [3.8, 4) is 0 Å². The smallest absolute Gasteiger partial charge is 0.0474 e. The summed E-state index contributed by atoms with van der Waals surface area (Å²) in [5.74, 6) is 0.118. The van der Waals surface area contributed by atoms with Gasteiger partial charge in [-0.05, 0) is 11.5 Å². The van der Waals surface area contributed by atoms with Crippen molar-refractivity contribution in [1.82, 2.24) is 0 Å². The van der Waals surface area contributed by atoms with E-state index in [9.17, 15) is 0 Å². The molecule has 3 N–H and O–H groups in total. The number of nitrogens with two attached hydrogens (primary N) is 1. The molecule has 0 spiro atoms. The van der Waals surface area contributed by atoms with Crippen molar-refractivity contribution in [2.45, 2.75) is 13.0 Å². The fourth-order valence-corrected chi connectivity index (χ4v) is 1.12. The number of aliphatic hydroxyl groups excluding tert-OH is 1. The van der Waals surface area contributed by atoms with Crippen LogP contribution in [0.5, 0.6) is 0 Å². The molecule has 12 heavy (non-hydrogen) atoms. The van der Waals surface area contributed by atoms with Crippen molar-refractivity contribution in [1.29, 1.82) is 0 Å². The summed E-state index contributed by atoms with van der Waals surface area (Å²) in [4.78, 5) is 0. The van der Waals surface area contributed by atoms with Crippen LogP contribution in [0.1, 0.15) is 18.5 Å². The lowest BCUT2D eigenvalue weighted by Gasteiger charge is -2.17. The second-order valence-electron chi connectivity index (χ2n) is 3.10. The average Bonchev–Trinajstić information content (AvgIpc) is 2.17. The van der Waals surface area contributed by atoms with E-state index in [1.165, 1.54) is 0 Å². The Bertz CT molecular complexity index is 223. The van der Waals surface area contributed by atoms with Crippen LogP contribution in [0.4, 0.5) is 0 Å². The fourth-order valence-electron chi connectivity index (χ4n) is 1.12. The van der Waals surface area contributed by atoms with Crippen LogP contribution in [0.2, 0.25) is 0 Å². The molecule has 0 aliphatic rings. The third kappa shape index (κ3) is 2.06. The van der Waals surface area contributed by atoms with Gasteiger partial charge in [0.25, 0.3) is 0 Å². The molecule has 0 bridgehead atoms. The standard InChI is InChI=1S/C10H15NO/c1-8(7-12)10(11)9-5-3-2-4-6-9/h2-6,8,10,12H,7,11H2,1H3/t8-,10-/m1/s1. The van der Waals surface area contributed by atoms with Crippen LogP contribution in [-0.4, -0.2) is 11.7 Å².